The monoisotopic (exact) mass is 250 g/mol. The van der Waals surface area contributed by atoms with E-state index in [9.17, 15) is 4.79 Å². The van der Waals surface area contributed by atoms with E-state index in [0.29, 0.717) is 0 Å². The summed E-state index contributed by atoms with van der Waals surface area (Å²) in [5.74, 6) is 0.0555. The van der Waals surface area contributed by atoms with Crippen LogP contribution < -0.4 is 0 Å². The summed E-state index contributed by atoms with van der Waals surface area (Å²) in [6.07, 6.45) is -0.215. The van der Waals surface area contributed by atoms with Gasteiger partial charge in [-0.1, -0.05) is 18.2 Å². The van der Waals surface area contributed by atoms with Gasteiger partial charge in [0.25, 0.3) is 0 Å². The minimum absolute atomic E-state index is 0.0555. The molecule has 0 aliphatic heterocycles. The van der Waals surface area contributed by atoms with Gasteiger partial charge in [0.05, 0.1) is 11.3 Å². The average Bonchev–Trinajstić information content (AvgIpc) is 2.79. The number of fused-ring (bicyclic) bond motifs is 1. The number of methoxy groups -OCH3 is 2. The van der Waals surface area contributed by atoms with Gasteiger partial charge in [0.15, 0.2) is 12.1 Å². The van der Waals surface area contributed by atoms with E-state index < -0.39 is 6.29 Å². The van der Waals surface area contributed by atoms with Crippen molar-refractivity contribution in [2.24, 2.45) is 0 Å². The van der Waals surface area contributed by atoms with E-state index in [1.807, 2.05) is 30.3 Å². The van der Waals surface area contributed by atoms with Crippen molar-refractivity contribution in [2.75, 3.05) is 14.2 Å². The molecular weight excluding hydrogens is 236 g/mol. The standard InChI is InChI=1S/C13H14O3S/c1-15-13(16-2)8-10(14)12-7-9-5-3-4-6-11(9)17-12/h3-7,13H,8H2,1-2H3. The Hall–Kier alpha value is -1.23. The molecule has 0 bridgehead atoms. The third-order valence-corrected chi connectivity index (χ3v) is 3.74. The third-order valence-electron chi connectivity index (χ3n) is 2.58. The molecule has 17 heavy (non-hydrogen) atoms. The summed E-state index contributed by atoms with van der Waals surface area (Å²) in [6.45, 7) is 0. The van der Waals surface area contributed by atoms with Gasteiger partial charge in [-0.15, -0.1) is 11.3 Å². The van der Waals surface area contributed by atoms with Gasteiger partial charge in [0, 0.05) is 18.9 Å². The number of ether oxygens (including phenoxy) is 2. The summed E-state index contributed by atoms with van der Waals surface area (Å²) in [5.41, 5.74) is 0. The molecule has 0 radical (unpaired) electrons. The number of hydrogen-bond acceptors (Lipinski definition) is 4. The second-order valence-corrected chi connectivity index (χ2v) is 4.76. The maximum atomic E-state index is 12.0. The molecule has 2 rings (SSSR count). The van der Waals surface area contributed by atoms with Crippen LogP contribution in [0.15, 0.2) is 30.3 Å². The van der Waals surface area contributed by atoms with Gasteiger partial charge in [-0.3, -0.25) is 4.79 Å². The van der Waals surface area contributed by atoms with Crippen molar-refractivity contribution in [1.82, 2.24) is 0 Å². The van der Waals surface area contributed by atoms with Crippen molar-refractivity contribution < 1.29 is 14.3 Å². The van der Waals surface area contributed by atoms with Crippen molar-refractivity contribution in [3.63, 3.8) is 0 Å². The van der Waals surface area contributed by atoms with Crippen molar-refractivity contribution >= 4 is 27.2 Å². The van der Waals surface area contributed by atoms with Gasteiger partial charge >= 0.3 is 0 Å². The summed E-state index contributed by atoms with van der Waals surface area (Å²) in [7, 11) is 3.07. The van der Waals surface area contributed by atoms with Gasteiger partial charge in [-0.25, -0.2) is 0 Å². The van der Waals surface area contributed by atoms with E-state index in [-0.39, 0.29) is 12.2 Å². The zero-order valence-electron chi connectivity index (χ0n) is 9.80. The smallest absolute Gasteiger partial charge is 0.177 e. The molecule has 0 aliphatic carbocycles. The zero-order chi connectivity index (χ0) is 12.3. The Kier molecular flexibility index (Phi) is 3.89. The lowest BCUT2D eigenvalue weighted by molar-refractivity contribution is -0.0992. The lowest BCUT2D eigenvalue weighted by Gasteiger charge is -2.11. The Bertz CT molecular complexity index is 481. The Labute approximate surface area is 104 Å². The van der Waals surface area contributed by atoms with E-state index in [1.165, 1.54) is 25.6 Å². The van der Waals surface area contributed by atoms with Crippen LogP contribution in [0, 0.1) is 0 Å². The Morgan fingerprint density at radius 2 is 2.00 bits per heavy atom. The normalized spacial score (nSPS) is 11.2. The van der Waals surface area contributed by atoms with Gasteiger partial charge in [0.2, 0.25) is 0 Å². The molecule has 0 aliphatic rings. The predicted molar refractivity (Wildman–Crippen MR) is 68.6 cm³/mol. The minimum Gasteiger partial charge on any atom is -0.355 e. The number of ketones is 1. The quantitative estimate of drug-likeness (QED) is 0.604. The van der Waals surface area contributed by atoms with Crippen LogP contribution >= 0.6 is 11.3 Å². The molecule has 0 unspecified atom stereocenters. The maximum absolute atomic E-state index is 12.0. The van der Waals surface area contributed by atoms with E-state index in [2.05, 4.69) is 0 Å². The Balaban J connectivity index is 2.19. The van der Waals surface area contributed by atoms with E-state index >= 15 is 0 Å². The molecule has 90 valence electrons. The Morgan fingerprint density at radius 1 is 1.29 bits per heavy atom. The molecule has 0 saturated heterocycles. The second-order valence-electron chi connectivity index (χ2n) is 3.68. The Morgan fingerprint density at radius 3 is 2.65 bits per heavy atom. The fraction of sp³-hybridized carbons (Fsp3) is 0.308. The fourth-order valence-corrected chi connectivity index (χ4v) is 2.65. The summed E-state index contributed by atoms with van der Waals surface area (Å²) in [5, 5.41) is 1.10. The van der Waals surface area contributed by atoms with Crippen molar-refractivity contribution in [3.05, 3.63) is 35.2 Å². The third kappa shape index (κ3) is 2.72. The summed E-state index contributed by atoms with van der Waals surface area (Å²) >= 11 is 1.51. The topological polar surface area (TPSA) is 35.5 Å². The average molecular weight is 250 g/mol. The van der Waals surface area contributed by atoms with Crippen LogP contribution in [-0.4, -0.2) is 26.3 Å². The van der Waals surface area contributed by atoms with Gasteiger partial charge in [-0.05, 0) is 17.5 Å². The second kappa shape index (κ2) is 5.40. The highest BCUT2D eigenvalue weighted by atomic mass is 32.1. The molecule has 4 heteroatoms. The number of carbonyl (C=O) groups is 1. The van der Waals surface area contributed by atoms with Crippen molar-refractivity contribution in [1.29, 1.82) is 0 Å². The lowest BCUT2D eigenvalue weighted by Crippen LogP contribution is -2.17. The molecule has 0 amide bonds. The minimum atomic E-state index is -0.465. The molecule has 1 aromatic heterocycles. The highest BCUT2D eigenvalue weighted by Gasteiger charge is 2.16. The van der Waals surface area contributed by atoms with Crippen LogP contribution in [0.4, 0.5) is 0 Å². The molecule has 1 aromatic carbocycles. The first-order valence-corrected chi connectivity index (χ1v) is 6.13. The van der Waals surface area contributed by atoms with Gasteiger partial charge < -0.3 is 9.47 Å². The van der Waals surface area contributed by atoms with Crippen LogP contribution in [0.3, 0.4) is 0 Å². The largest absolute Gasteiger partial charge is 0.355 e. The molecule has 0 fully saturated rings. The molecule has 0 N–H and O–H groups in total. The first kappa shape index (κ1) is 12.2. The van der Waals surface area contributed by atoms with Gasteiger partial charge in [0.1, 0.15) is 0 Å². The highest BCUT2D eigenvalue weighted by Crippen LogP contribution is 2.26. The predicted octanol–water partition coefficient (Wildman–Crippen LogP) is 3.09. The van der Waals surface area contributed by atoms with Crippen LogP contribution in [0.5, 0.6) is 0 Å². The SMILES string of the molecule is COC(CC(=O)c1cc2ccccc2s1)OC. The van der Waals surface area contributed by atoms with E-state index in [4.69, 9.17) is 9.47 Å². The van der Waals surface area contributed by atoms with Crippen LogP contribution in [-0.2, 0) is 9.47 Å². The first-order chi connectivity index (χ1) is 8.24. The molecule has 0 saturated carbocycles. The molecule has 0 atom stereocenters. The number of hydrogen-bond donors (Lipinski definition) is 0. The molecule has 2 aromatic rings. The van der Waals surface area contributed by atoms with Crippen molar-refractivity contribution in [3.8, 4) is 0 Å². The summed E-state index contributed by atoms with van der Waals surface area (Å²) in [4.78, 5) is 12.7. The lowest BCUT2D eigenvalue weighted by atomic mass is 10.2. The zero-order valence-corrected chi connectivity index (χ0v) is 10.6. The van der Waals surface area contributed by atoms with E-state index in [0.717, 1.165) is 15.0 Å². The summed E-state index contributed by atoms with van der Waals surface area (Å²) in [6, 6.07) is 9.88. The van der Waals surface area contributed by atoms with Crippen LogP contribution in [0.1, 0.15) is 16.1 Å². The van der Waals surface area contributed by atoms with Gasteiger partial charge in [-0.2, -0.15) is 0 Å². The van der Waals surface area contributed by atoms with Crippen LogP contribution in [0.2, 0.25) is 0 Å². The number of benzene rings is 1. The number of rotatable bonds is 5. The maximum Gasteiger partial charge on any atom is 0.177 e. The highest BCUT2D eigenvalue weighted by molar-refractivity contribution is 7.20. The summed E-state index contributed by atoms with van der Waals surface area (Å²) < 4.78 is 11.2. The van der Waals surface area contributed by atoms with Crippen molar-refractivity contribution in [2.45, 2.75) is 12.7 Å². The molecule has 3 nitrogen and oxygen atoms in total. The number of thiophene rings is 1. The molecule has 0 spiro atoms. The fourth-order valence-electron chi connectivity index (χ4n) is 1.63. The number of carbonyl (C=O) groups excluding carboxylic acids is 1. The molecule has 1 heterocycles. The first-order valence-electron chi connectivity index (χ1n) is 5.32. The molecular formula is C13H14O3S. The number of Topliss-reactive ketones (excluding diaryl/α,β-unsaturated/α-hetero) is 1. The van der Waals surface area contributed by atoms with Crippen LogP contribution in [0.25, 0.3) is 10.1 Å². The van der Waals surface area contributed by atoms with E-state index in [1.54, 1.807) is 0 Å².